The topological polar surface area (TPSA) is 121 Å². The lowest BCUT2D eigenvalue weighted by Gasteiger charge is -2.19. The molecule has 0 fully saturated rings. The molecular formula is C18H21N3O5. The molecule has 8 heteroatoms. The number of rotatable bonds is 6. The maximum Gasteiger partial charge on any atom is 0.337 e. The van der Waals surface area contributed by atoms with E-state index >= 15 is 0 Å². The second kappa shape index (κ2) is 7.83. The summed E-state index contributed by atoms with van der Waals surface area (Å²) in [4.78, 5) is 27.0. The van der Waals surface area contributed by atoms with Crippen LogP contribution in [0.5, 0.6) is 5.88 Å². The maximum atomic E-state index is 12.0. The third kappa shape index (κ3) is 4.70. The van der Waals surface area contributed by atoms with Crippen LogP contribution < -0.4 is 15.4 Å². The summed E-state index contributed by atoms with van der Waals surface area (Å²) in [6, 6.07) is 8.51. The quantitative estimate of drug-likeness (QED) is 0.626. The van der Waals surface area contributed by atoms with Gasteiger partial charge in [-0.1, -0.05) is 12.1 Å². The van der Waals surface area contributed by atoms with E-state index in [1.165, 1.54) is 7.11 Å². The van der Waals surface area contributed by atoms with Gasteiger partial charge in [-0.25, -0.2) is 14.6 Å². The Balaban J connectivity index is 2.11. The van der Waals surface area contributed by atoms with Crippen LogP contribution in [-0.2, 0) is 4.79 Å². The fourth-order valence-electron chi connectivity index (χ4n) is 2.10. The standard InChI is InChI=1S/C18H21N3O5/c1-11-4-5-12(13-6-7-15(26-3)19-9-13)8-14(11)21-17(24)20-10-18(2,25)16(22)23/h4-9,25H,10H2,1-3H3,(H,22,23)(H2,20,21,24). The molecule has 1 aromatic carbocycles. The number of aliphatic carboxylic acids is 1. The van der Waals surface area contributed by atoms with E-state index in [0.29, 0.717) is 11.6 Å². The second-order valence-corrected chi connectivity index (χ2v) is 6.01. The fourth-order valence-corrected chi connectivity index (χ4v) is 2.10. The predicted octanol–water partition coefficient (Wildman–Crippen LogP) is 2.02. The van der Waals surface area contributed by atoms with Gasteiger partial charge < -0.3 is 25.6 Å². The van der Waals surface area contributed by atoms with Crippen molar-refractivity contribution in [3.63, 3.8) is 0 Å². The Hall–Kier alpha value is -3.13. The highest BCUT2D eigenvalue weighted by Crippen LogP contribution is 2.26. The molecule has 0 aliphatic heterocycles. The lowest BCUT2D eigenvalue weighted by molar-refractivity contribution is -0.155. The normalized spacial score (nSPS) is 12.8. The van der Waals surface area contributed by atoms with E-state index in [2.05, 4.69) is 15.6 Å². The van der Waals surface area contributed by atoms with Crippen LogP contribution in [0, 0.1) is 6.92 Å². The van der Waals surface area contributed by atoms with Gasteiger partial charge in [0.2, 0.25) is 5.88 Å². The Kier molecular flexibility index (Phi) is 5.78. The molecular weight excluding hydrogens is 338 g/mol. The highest BCUT2D eigenvalue weighted by molar-refractivity contribution is 5.91. The molecule has 1 heterocycles. The molecule has 1 atom stereocenters. The Bertz CT molecular complexity index is 803. The van der Waals surface area contributed by atoms with Crippen molar-refractivity contribution in [1.82, 2.24) is 10.3 Å². The zero-order valence-corrected chi connectivity index (χ0v) is 14.7. The summed E-state index contributed by atoms with van der Waals surface area (Å²) < 4.78 is 5.03. The number of urea groups is 1. The van der Waals surface area contributed by atoms with Crippen LogP contribution in [0.3, 0.4) is 0 Å². The molecule has 8 nitrogen and oxygen atoms in total. The number of benzene rings is 1. The van der Waals surface area contributed by atoms with Gasteiger partial charge in [-0.2, -0.15) is 0 Å². The van der Waals surface area contributed by atoms with Crippen LogP contribution in [0.1, 0.15) is 12.5 Å². The van der Waals surface area contributed by atoms with Gasteiger partial charge in [0.15, 0.2) is 5.60 Å². The van der Waals surface area contributed by atoms with Crippen LogP contribution in [0.2, 0.25) is 0 Å². The molecule has 1 aromatic heterocycles. The van der Waals surface area contributed by atoms with E-state index in [1.807, 2.05) is 25.1 Å². The van der Waals surface area contributed by atoms with E-state index in [-0.39, 0.29) is 0 Å². The highest BCUT2D eigenvalue weighted by atomic mass is 16.5. The average Bonchev–Trinajstić information content (AvgIpc) is 2.62. The van der Waals surface area contributed by atoms with E-state index in [4.69, 9.17) is 9.84 Å². The molecule has 0 spiro atoms. The summed E-state index contributed by atoms with van der Waals surface area (Å²) in [6.07, 6.45) is 1.66. The van der Waals surface area contributed by atoms with Gasteiger partial charge in [0, 0.05) is 23.5 Å². The summed E-state index contributed by atoms with van der Waals surface area (Å²) >= 11 is 0. The number of carboxylic acids is 1. The Morgan fingerprint density at radius 1 is 1.23 bits per heavy atom. The van der Waals surface area contributed by atoms with Crippen molar-refractivity contribution in [3.8, 4) is 17.0 Å². The van der Waals surface area contributed by atoms with Gasteiger partial charge in [-0.3, -0.25) is 0 Å². The van der Waals surface area contributed by atoms with Gasteiger partial charge in [0.25, 0.3) is 0 Å². The number of carboxylic acid groups (broad SMARTS) is 1. The number of ether oxygens (including phenoxy) is 1. The van der Waals surface area contributed by atoms with Crippen LogP contribution >= 0.6 is 0 Å². The second-order valence-electron chi connectivity index (χ2n) is 6.01. The number of methoxy groups -OCH3 is 1. The minimum atomic E-state index is -2.04. The Labute approximate surface area is 150 Å². The largest absolute Gasteiger partial charge is 0.481 e. The SMILES string of the molecule is COc1ccc(-c2ccc(C)c(NC(=O)NCC(C)(O)C(=O)O)c2)cn1. The zero-order chi connectivity index (χ0) is 19.3. The summed E-state index contributed by atoms with van der Waals surface area (Å²) in [6.45, 7) is 2.52. The van der Waals surface area contributed by atoms with Crippen LogP contribution in [-0.4, -0.2) is 46.5 Å². The zero-order valence-electron chi connectivity index (χ0n) is 14.7. The van der Waals surface area contributed by atoms with Crippen LogP contribution in [0.15, 0.2) is 36.5 Å². The van der Waals surface area contributed by atoms with E-state index in [0.717, 1.165) is 23.6 Å². The third-order valence-corrected chi connectivity index (χ3v) is 3.82. The number of anilines is 1. The molecule has 0 radical (unpaired) electrons. The number of aliphatic hydroxyl groups is 1. The molecule has 4 N–H and O–H groups in total. The van der Waals surface area contributed by atoms with Crippen LogP contribution in [0.25, 0.3) is 11.1 Å². The van der Waals surface area contributed by atoms with Gasteiger partial charge in [-0.15, -0.1) is 0 Å². The third-order valence-electron chi connectivity index (χ3n) is 3.82. The molecule has 138 valence electrons. The van der Waals surface area contributed by atoms with Crippen molar-refractivity contribution < 1.29 is 24.5 Å². The first-order valence-corrected chi connectivity index (χ1v) is 7.84. The fraction of sp³-hybridized carbons (Fsp3) is 0.278. The molecule has 0 saturated carbocycles. The molecule has 2 amide bonds. The summed E-state index contributed by atoms with van der Waals surface area (Å²) in [7, 11) is 1.54. The first-order valence-electron chi connectivity index (χ1n) is 7.84. The number of carbonyl (C=O) groups excluding carboxylic acids is 1. The van der Waals surface area contributed by atoms with Gasteiger partial charge in [0.05, 0.1) is 13.7 Å². The van der Waals surface area contributed by atoms with Crippen molar-refractivity contribution in [3.05, 3.63) is 42.1 Å². The summed E-state index contributed by atoms with van der Waals surface area (Å²) in [5, 5.41) is 23.5. The number of pyridine rings is 1. The van der Waals surface area contributed by atoms with Gasteiger partial charge in [-0.05, 0) is 37.1 Å². The predicted molar refractivity (Wildman–Crippen MR) is 96.2 cm³/mol. The van der Waals surface area contributed by atoms with Crippen molar-refractivity contribution in [2.24, 2.45) is 0 Å². The molecule has 1 unspecified atom stereocenters. The van der Waals surface area contributed by atoms with E-state index in [1.54, 1.807) is 18.3 Å². The van der Waals surface area contributed by atoms with Gasteiger partial charge >= 0.3 is 12.0 Å². The van der Waals surface area contributed by atoms with Crippen molar-refractivity contribution in [2.75, 3.05) is 19.0 Å². The molecule has 2 aromatic rings. The van der Waals surface area contributed by atoms with Crippen molar-refractivity contribution >= 4 is 17.7 Å². The molecule has 0 bridgehead atoms. The number of nitrogens with one attached hydrogen (secondary N) is 2. The molecule has 0 aliphatic carbocycles. The summed E-state index contributed by atoms with van der Waals surface area (Å²) in [5.41, 5.74) is 1.05. The minimum absolute atomic E-state index is 0.421. The molecule has 0 saturated heterocycles. The lowest BCUT2D eigenvalue weighted by atomic mass is 10.0. The van der Waals surface area contributed by atoms with Crippen molar-refractivity contribution in [2.45, 2.75) is 19.4 Å². The number of carbonyl (C=O) groups is 2. The Morgan fingerprint density at radius 3 is 2.50 bits per heavy atom. The number of aromatic nitrogens is 1. The summed E-state index contributed by atoms with van der Waals surface area (Å²) in [5.74, 6) is -0.910. The number of hydrogen-bond acceptors (Lipinski definition) is 5. The number of aryl methyl sites for hydroxylation is 1. The van der Waals surface area contributed by atoms with E-state index < -0.39 is 24.1 Å². The molecule has 2 rings (SSSR count). The highest BCUT2D eigenvalue weighted by Gasteiger charge is 2.30. The number of amides is 2. The van der Waals surface area contributed by atoms with E-state index in [9.17, 15) is 14.7 Å². The molecule has 0 aliphatic rings. The minimum Gasteiger partial charge on any atom is -0.481 e. The first-order chi connectivity index (χ1) is 12.2. The smallest absolute Gasteiger partial charge is 0.337 e. The van der Waals surface area contributed by atoms with Gasteiger partial charge in [0.1, 0.15) is 0 Å². The van der Waals surface area contributed by atoms with Crippen LogP contribution in [0.4, 0.5) is 10.5 Å². The monoisotopic (exact) mass is 359 g/mol. The number of hydrogen-bond donors (Lipinski definition) is 4. The van der Waals surface area contributed by atoms with Crippen molar-refractivity contribution in [1.29, 1.82) is 0 Å². The lowest BCUT2D eigenvalue weighted by Crippen LogP contribution is -2.47. The number of nitrogens with zero attached hydrogens (tertiary/aromatic N) is 1. The molecule has 26 heavy (non-hydrogen) atoms. The first kappa shape index (κ1) is 19.2. The maximum absolute atomic E-state index is 12.0. The average molecular weight is 359 g/mol. The Morgan fingerprint density at radius 2 is 1.92 bits per heavy atom.